The van der Waals surface area contributed by atoms with E-state index in [9.17, 15) is 4.79 Å². The van der Waals surface area contributed by atoms with E-state index in [2.05, 4.69) is 33.0 Å². The number of nitrogens with zero attached hydrogens (tertiary/aromatic N) is 4. The summed E-state index contributed by atoms with van der Waals surface area (Å²) in [7, 11) is 3.28. The van der Waals surface area contributed by atoms with Crippen molar-refractivity contribution in [3.05, 3.63) is 78.1 Å². The molecular weight excluding hydrogens is 458 g/mol. The first-order valence-electron chi connectivity index (χ1n) is 11.8. The third-order valence-electron chi connectivity index (χ3n) is 6.42. The molecule has 4 aromatic rings. The Kier molecular flexibility index (Phi) is 6.79. The normalized spacial score (nSPS) is 14.6. The fraction of sp³-hybridized carbons (Fsp3) is 0.259. The molecule has 1 heterocycles. The number of aromatic nitrogens is 4. The van der Waals surface area contributed by atoms with Gasteiger partial charge in [-0.15, -0.1) is 5.10 Å². The Balaban J connectivity index is 1.36. The number of carbonyl (C=O) groups excluding carboxylic acids is 1. The lowest BCUT2D eigenvalue weighted by Crippen LogP contribution is -2.32. The maximum absolute atomic E-state index is 12.8. The molecule has 9 heteroatoms. The van der Waals surface area contributed by atoms with Gasteiger partial charge in [0, 0.05) is 24.1 Å². The number of benzene rings is 3. The van der Waals surface area contributed by atoms with Crippen LogP contribution < -0.4 is 19.5 Å². The average molecular weight is 486 g/mol. The minimum absolute atomic E-state index is 0.202. The van der Waals surface area contributed by atoms with Crippen molar-refractivity contribution in [3.8, 4) is 34.1 Å². The number of tetrazole rings is 1. The van der Waals surface area contributed by atoms with Gasteiger partial charge in [0.1, 0.15) is 23.6 Å². The molecule has 9 nitrogen and oxygen atoms in total. The number of ether oxygens (including phenoxy) is 3. The molecule has 1 aromatic heterocycles. The van der Waals surface area contributed by atoms with Gasteiger partial charge in [0.05, 0.1) is 19.9 Å². The van der Waals surface area contributed by atoms with Crippen LogP contribution >= 0.6 is 0 Å². The van der Waals surface area contributed by atoms with Gasteiger partial charge < -0.3 is 19.5 Å². The van der Waals surface area contributed by atoms with Crippen LogP contribution in [0.2, 0.25) is 0 Å². The van der Waals surface area contributed by atoms with Crippen molar-refractivity contribution in [3.63, 3.8) is 0 Å². The van der Waals surface area contributed by atoms with Gasteiger partial charge in [-0.25, -0.2) is 9.48 Å². The van der Waals surface area contributed by atoms with Crippen molar-refractivity contribution in [2.75, 3.05) is 20.8 Å². The van der Waals surface area contributed by atoms with Crippen LogP contribution in [-0.2, 0) is 6.42 Å². The van der Waals surface area contributed by atoms with Crippen LogP contribution in [0.3, 0.4) is 0 Å². The van der Waals surface area contributed by atoms with Crippen LogP contribution in [0, 0.1) is 0 Å². The third-order valence-corrected chi connectivity index (χ3v) is 6.42. The minimum Gasteiger partial charge on any atom is -0.497 e. The number of hydrogen-bond acceptors (Lipinski definition) is 7. The van der Waals surface area contributed by atoms with E-state index < -0.39 is 6.09 Å². The summed E-state index contributed by atoms with van der Waals surface area (Å²) in [6.07, 6.45) is 4.07. The molecule has 5 rings (SSSR count). The molecule has 0 radical (unpaired) electrons. The van der Waals surface area contributed by atoms with Gasteiger partial charge in [0.25, 0.3) is 0 Å². The van der Waals surface area contributed by atoms with Crippen molar-refractivity contribution in [1.82, 2.24) is 25.5 Å². The number of amides is 1. The van der Waals surface area contributed by atoms with Crippen molar-refractivity contribution in [2.24, 2.45) is 0 Å². The lowest BCUT2D eigenvalue weighted by molar-refractivity contribution is 0.199. The highest BCUT2D eigenvalue weighted by Gasteiger charge is 2.22. The zero-order chi connectivity index (χ0) is 24.9. The molecule has 1 aliphatic rings. The summed E-state index contributed by atoms with van der Waals surface area (Å²) in [4.78, 5) is 12.8. The Morgan fingerprint density at radius 1 is 1.06 bits per heavy atom. The lowest BCUT2D eigenvalue weighted by atomic mass is 9.82. The standard InChI is InChI=1S/C27H27N5O4/c1-34-22-11-10-18-6-5-7-19(25(18)15-22)16-28-27(33)36-23-13-20(24-8-3-4-9-26(24)35-2)12-21(14-23)32-17-29-30-31-32/h3-4,8-15,17,19H,5-7,16H2,1-2H3,(H,28,33). The summed E-state index contributed by atoms with van der Waals surface area (Å²) >= 11 is 0. The van der Waals surface area contributed by atoms with Crippen LogP contribution in [0.15, 0.2) is 67.0 Å². The molecule has 184 valence electrons. The van der Waals surface area contributed by atoms with E-state index in [-0.39, 0.29) is 5.92 Å². The van der Waals surface area contributed by atoms with Gasteiger partial charge >= 0.3 is 6.09 Å². The van der Waals surface area contributed by atoms with Gasteiger partial charge in [-0.1, -0.05) is 24.3 Å². The Morgan fingerprint density at radius 2 is 1.94 bits per heavy atom. The van der Waals surface area contributed by atoms with E-state index in [1.165, 1.54) is 22.1 Å². The Hall–Kier alpha value is -4.40. The first-order valence-corrected chi connectivity index (χ1v) is 11.8. The molecular formula is C27H27N5O4. The van der Waals surface area contributed by atoms with E-state index in [1.807, 2.05) is 36.4 Å². The maximum atomic E-state index is 12.8. The Bertz CT molecular complexity index is 1360. The van der Waals surface area contributed by atoms with E-state index in [1.54, 1.807) is 26.4 Å². The van der Waals surface area contributed by atoms with Gasteiger partial charge in [0.15, 0.2) is 0 Å². The quantitative estimate of drug-likeness (QED) is 0.410. The third kappa shape index (κ3) is 5.00. The molecule has 3 aromatic carbocycles. The predicted molar refractivity (Wildman–Crippen MR) is 134 cm³/mol. The number of fused-ring (bicyclic) bond motifs is 1. The zero-order valence-corrected chi connectivity index (χ0v) is 20.2. The smallest absolute Gasteiger partial charge is 0.412 e. The van der Waals surface area contributed by atoms with Gasteiger partial charge in [-0.2, -0.15) is 0 Å². The number of methoxy groups -OCH3 is 2. The van der Waals surface area contributed by atoms with Crippen LogP contribution in [0.4, 0.5) is 4.79 Å². The first-order chi connectivity index (χ1) is 17.6. The molecule has 36 heavy (non-hydrogen) atoms. The largest absolute Gasteiger partial charge is 0.497 e. The SMILES string of the molecule is COc1ccc2c(c1)C(CNC(=O)Oc1cc(-c3ccccc3OC)cc(-n3cnnn3)c1)CCC2. The molecule has 1 N–H and O–H groups in total. The number of para-hydroxylation sites is 1. The summed E-state index contributed by atoms with van der Waals surface area (Å²) in [5.74, 6) is 2.10. The van der Waals surface area contributed by atoms with Crippen molar-refractivity contribution in [2.45, 2.75) is 25.2 Å². The monoisotopic (exact) mass is 485 g/mol. The second-order valence-corrected chi connectivity index (χ2v) is 8.59. The van der Waals surface area contributed by atoms with Crippen LogP contribution in [0.1, 0.15) is 29.9 Å². The Morgan fingerprint density at radius 3 is 2.75 bits per heavy atom. The second kappa shape index (κ2) is 10.5. The number of rotatable bonds is 7. The highest BCUT2D eigenvalue weighted by molar-refractivity contribution is 5.76. The van der Waals surface area contributed by atoms with Crippen LogP contribution in [-0.4, -0.2) is 47.1 Å². The number of aryl methyl sites for hydroxylation is 1. The molecule has 1 atom stereocenters. The topological polar surface area (TPSA) is 100 Å². The highest BCUT2D eigenvalue weighted by atomic mass is 16.6. The molecule has 1 unspecified atom stereocenters. The summed E-state index contributed by atoms with van der Waals surface area (Å²) < 4.78 is 18.2. The molecule has 0 spiro atoms. The summed E-state index contributed by atoms with van der Waals surface area (Å²) in [5, 5.41) is 14.3. The second-order valence-electron chi connectivity index (χ2n) is 8.59. The highest BCUT2D eigenvalue weighted by Crippen LogP contribution is 2.35. The number of nitrogens with one attached hydrogen (secondary N) is 1. The van der Waals surface area contributed by atoms with Crippen molar-refractivity contribution >= 4 is 6.09 Å². The van der Waals surface area contributed by atoms with E-state index in [0.29, 0.717) is 23.7 Å². The van der Waals surface area contributed by atoms with Gasteiger partial charge in [-0.05, 0) is 76.7 Å². The molecule has 0 saturated heterocycles. The minimum atomic E-state index is -0.523. The molecule has 1 amide bonds. The average Bonchev–Trinajstić information content (AvgIpc) is 3.46. The maximum Gasteiger partial charge on any atom is 0.412 e. The van der Waals surface area contributed by atoms with Crippen LogP contribution in [0.25, 0.3) is 16.8 Å². The molecule has 0 aliphatic heterocycles. The summed E-state index contributed by atoms with van der Waals surface area (Å²) in [6.45, 7) is 0.477. The van der Waals surface area contributed by atoms with E-state index >= 15 is 0 Å². The zero-order valence-electron chi connectivity index (χ0n) is 20.2. The summed E-state index contributed by atoms with van der Waals surface area (Å²) in [6, 6.07) is 19.2. The van der Waals surface area contributed by atoms with Crippen molar-refractivity contribution in [1.29, 1.82) is 0 Å². The molecule has 0 fully saturated rings. The Labute approximate surface area is 209 Å². The fourth-order valence-electron chi connectivity index (χ4n) is 4.66. The predicted octanol–water partition coefficient (Wildman–Crippen LogP) is 4.56. The van der Waals surface area contributed by atoms with Crippen LogP contribution in [0.5, 0.6) is 17.2 Å². The molecule has 1 aliphatic carbocycles. The van der Waals surface area contributed by atoms with Gasteiger partial charge in [0.2, 0.25) is 0 Å². The number of carbonyl (C=O) groups is 1. The first kappa shape index (κ1) is 23.3. The van der Waals surface area contributed by atoms with Gasteiger partial charge in [-0.3, -0.25) is 0 Å². The lowest BCUT2D eigenvalue weighted by Gasteiger charge is -2.26. The summed E-state index contributed by atoms with van der Waals surface area (Å²) in [5.41, 5.74) is 4.84. The molecule has 0 saturated carbocycles. The van der Waals surface area contributed by atoms with Crippen molar-refractivity contribution < 1.29 is 19.0 Å². The van der Waals surface area contributed by atoms with E-state index in [4.69, 9.17) is 14.2 Å². The fourth-order valence-corrected chi connectivity index (χ4v) is 4.66. The number of hydrogen-bond donors (Lipinski definition) is 1. The molecule has 0 bridgehead atoms. The van der Waals surface area contributed by atoms with E-state index in [0.717, 1.165) is 36.1 Å².